The highest BCUT2D eigenvalue weighted by atomic mass is 35.5. The van der Waals surface area contributed by atoms with Crippen LogP contribution in [0.25, 0.3) is 0 Å². The lowest BCUT2D eigenvalue weighted by Gasteiger charge is -2.24. The molecule has 1 heterocycles. The average molecular weight is 207 g/mol. The second-order valence-electron chi connectivity index (χ2n) is 4.83. The largest absolute Gasteiger partial charge is 0.374 e. The molecule has 0 saturated carbocycles. The zero-order valence-electron chi connectivity index (χ0n) is 8.68. The number of hydrogen-bond acceptors (Lipinski definition) is 2. The van der Waals surface area contributed by atoms with Gasteiger partial charge in [0.1, 0.15) is 6.10 Å². The van der Waals surface area contributed by atoms with E-state index in [1.165, 1.54) is 0 Å². The lowest BCUT2D eigenvalue weighted by molar-refractivity contribution is 0.0314. The predicted octanol–water partition coefficient (Wildman–Crippen LogP) is 2.45. The van der Waals surface area contributed by atoms with Gasteiger partial charge in [0.15, 0.2) is 0 Å². The molecule has 1 fully saturated rings. The Morgan fingerprint density at radius 3 is 2.54 bits per heavy atom. The minimum Gasteiger partial charge on any atom is -0.374 e. The van der Waals surface area contributed by atoms with Gasteiger partial charge in [-0.25, -0.2) is 0 Å². The summed E-state index contributed by atoms with van der Waals surface area (Å²) in [7, 11) is 0. The van der Waals surface area contributed by atoms with E-state index < -0.39 is 0 Å². The van der Waals surface area contributed by atoms with Gasteiger partial charge in [0.25, 0.3) is 0 Å². The first-order valence-electron chi connectivity index (χ1n) is 4.80. The van der Waals surface area contributed by atoms with Crippen LogP contribution in [0.4, 0.5) is 0 Å². The van der Waals surface area contributed by atoms with E-state index in [0.29, 0.717) is 18.6 Å². The second kappa shape index (κ2) is 4.63. The van der Waals surface area contributed by atoms with Crippen LogP contribution in [0.1, 0.15) is 27.2 Å². The van der Waals surface area contributed by atoms with Gasteiger partial charge < -0.3 is 9.47 Å². The zero-order chi connectivity index (χ0) is 9.90. The van der Waals surface area contributed by atoms with Crippen molar-refractivity contribution in [3.05, 3.63) is 0 Å². The van der Waals surface area contributed by atoms with Crippen LogP contribution < -0.4 is 0 Å². The molecule has 2 atom stereocenters. The van der Waals surface area contributed by atoms with E-state index in [1.807, 2.05) is 0 Å². The molecule has 0 N–H and O–H groups in total. The van der Waals surface area contributed by atoms with Crippen molar-refractivity contribution >= 4 is 11.6 Å². The van der Waals surface area contributed by atoms with Gasteiger partial charge >= 0.3 is 0 Å². The summed E-state index contributed by atoms with van der Waals surface area (Å²) >= 11 is 5.81. The summed E-state index contributed by atoms with van der Waals surface area (Å²) in [6.07, 6.45) is 1.51. The SMILES string of the molecule is CC(C)(C)CC(CCl)OCC1CO1. The van der Waals surface area contributed by atoms with Crippen molar-refractivity contribution in [2.75, 3.05) is 19.1 Å². The number of hydrogen-bond donors (Lipinski definition) is 0. The maximum absolute atomic E-state index is 5.81. The first-order chi connectivity index (χ1) is 6.01. The van der Waals surface area contributed by atoms with Crippen molar-refractivity contribution in [1.82, 2.24) is 0 Å². The smallest absolute Gasteiger partial charge is 0.104 e. The van der Waals surface area contributed by atoms with E-state index in [9.17, 15) is 0 Å². The normalized spacial score (nSPS) is 24.5. The maximum Gasteiger partial charge on any atom is 0.104 e. The Morgan fingerprint density at radius 1 is 1.54 bits per heavy atom. The van der Waals surface area contributed by atoms with E-state index >= 15 is 0 Å². The Balaban J connectivity index is 2.16. The van der Waals surface area contributed by atoms with Gasteiger partial charge in [0.05, 0.1) is 19.3 Å². The van der Waals surface area contributed by atoms with Crippen molar-refractivity contribution in [2.45, 2.75) is 39.4 Å². The van der Waals surface area contributed by atoms with Crippen LogP contribution in [0, 0.1) is 5.41 Å². The minimum absolute atomic E-state index is 0.172. The highest BCUT2D eigenvalue weighted by Gasteiger charge is 2.25. The van der Waals surface area contributed by atoms with Crippen LogP contribution >= 0.6 is 11.6 Å². The summed E-state index contributed by atoms with van der Waals surface area (Å²) in [6.45, 7) is 8.15. The molecule has 0 aromatic carbocycles. The molecular formula is C10H19ClO2. The Kier molecular flexibility index (Phi) is 4.02. The van der Waals surface area contributed by atoms with Crippen molar-refractivity contribution in [2.24, 2.45) is 5.41 Å². The van der Waals surface area contributed by atoms with E-state index in [1.54, 1.807) is 0 Å². The van der Waals surface area contributed by atoms with Gasteiger partial charge in [-0.1, -0.05) is 20.8 Å². The molecule has 0 radical (unpaired) electrons. The van der Waals surface area contributed by atoms with Gasteiger partial charge in [0, 0.05) is 5.88 Å². The molecule has 2 nitrogen and oxygen atoms in total. The fourth-order valence-corrected chi connectivity index (χ4v) is 1.45. The van der Waals surface area contributed by atoms with E-state index in [0.717, 1.165) is 13.0 Å². The number of rotatable bonds is 5. The van der Waals surface area contributed by atoms with E-state index in [2.05, 4.69) is 20.8 Å². The monoisotopic (exact) mass is 206 g/mol. The molecule has 0 aromatic rings. The first-order valence-corrected chi connectivity index (χ1v) is 5.34. The first kappa shape index (κ1) is 11.3. The van der Waals surface area contributed by atoms with Crippen molar-refractivity contribution in [3.8, 4) is 0 Å². The molecule has 1 aliphatic heterocycles. The fourth-order valence-electron chi connectivity index (χ4n) is 1.25. The molecule has 3 heteroatoms. The molecular weight excluding hydrogens is 188 g/mol. The van der Waals surface area contributed by atoms with Crippen LogP contribution in [-0.4, -0.2) is 31.3 Å². The topological polar surface area (TPSA) is 21.8 Å². The summed E-state index contributed by atoms with van der Waals surface area (Å²) in [5.74, 6) is 0.573. The molecule has 0 bridgehead atoms. The fraction of sp³-hybridized carbons (Fsp3) is 1.00. The predicted molar refractivity (Wildman–Crippen MR) is 54.3 cm³/mol. The molecule has 0 aromatic heterocycles. The van der Waals surface area contributed by atoms with Crippen LogP contribution in [0.5, 0.6) is 0 Å². The van der Waals surface area contributed by atoms with E-state index in [-0.39, 0.29) is 11.5 Å². The standard InChI is InChI=1S/C10H19ClO2/c1-10(2,3)4-8(5-11)12-6-9-7-13-9/h8-9H,4-7H2,1-3H3. The van der Waals surface area contributed by atoms with Gasteiger partial charge in [-0.2, -0.15) is 0 Å². The highest BCUT2D eigenvalue weighted by Crippen LogP contribution is 2.23. The van der Waals surface area contributed by atoms with Crippen molar-refractivity contribution in [1.29, 1.82) is 0 Å². The lowest BCUT2D eigenvalue weighted by Crippen LogP contribution is -2.24. The molecule has 2 unspecified atom stereocenters. The summed E-state index contributed by atoms with van der Waals surface area (Å²) in [4.78, 5) is 0. The van der Waals surface area contributed by atoms with Crippen molar-refractivity contribution in [3.63, 3.8) is 0 Å². The summed E-state index contributed by atoms with van der Waals surface area (Å²) < 4.78 is 10.7. The van der Waals surface area contributed by atoms with Gasteiger partial charge in [-0.3, -0.25) is 0 Å². The van der Waals surface area contributed by atoms with Gasteiger partial charge in [0.2, 0.25) is 0 Å². The molecule has 1 rings (SSSR count). The number of alkyl halides is 1. The molecule has 78 valence electrons. The maximum atomic E-state index is 5.81. The van der Waals surface area contributed by atoms with Crippen LogP contribution in [0.3, 0.4) is 0 Å². The molecule has 0 aliphatic carbocycles. The lowest BCUT2D eigenvalue weighted by atomic mass is 9.90. The van der Waals surface area contributed by atoms with Gasteiger partial charge in [-0.15, -0.1) is 11.6 Å². The number of ether oxygens (including phenoxy) is 2. The third kappa shape index (κ3) is 5.50. The Hall–Kier alpha value is 0.210. The average Bonchev–Trinajstić information content (AvgIpc) is 2.78. The number of halogens is 1. The molecule has 0 spiro atoms. The third-order valence-electron chi connectivity index (χ3n) is 1.93. The highest BCUT2D eigenvalue weighted by molar-refractivity contribution is 6.18. The summed E-state index contributed by atoms with van der Waals surface area (Å²) in [5, 5.41) is 0. The van der Waals surface area contributed by atoms with Crippen molar-refractivity contribution < 1.29 is 9.47 Å². The Labute approximate surface area is 85.5 Å². The Bertz CT molecular complexity index is 149. The quantitative estimate of drug-likeness (QED) is 0.509. The van der Waals surface area contributed by atoms with Crippen LogP contribution in [-0.2, 0) is 9.47 Å². The zero-order valence-corrected chi connectivity index (χ0v) is 9.43. The van der Waals surface area contributed by atoms with Crippen LogP contribution in [0.2, 0.25) is 0 Å². The van der Waals surface area contributed by atoms with Gasteiger partial charge in [-0.05, 0) is 11.8 Å². The van der Waals surface area contributed by atoms with Crippen LogP contribution in [0.15, 0.2) is 0 Å². The number of epoxide rings is 1. The van der Waals surface area contributed by atoms with E-state index in [4.69, 9.17) is 21.1 Å². The Morgan fingerprint density at radius 2 is 2.15 bits per heavy atom. The molecule has 0 amide bonds. The summed E-state index contributed by atoms with van der Waals surface area (Å²) in [5.41, 5.74) is 0.282. The summed E-state index contributed by atoms with van der Waals surface area (Å²) in [6, 6.07) is 0. The second-order valence-corrected chi connectivity index (χ2v) is 5.14. The molecule has 13 heavy (non-hydrogen) atoms. The third-order valence-corrected chi connectivity index (χ3v) is 2.28. The molecule has 1 aliphatic rings. The molecule has 1 saturated heterocycles. The minimum atomic E-state index is 0.172.